The third kappa shape index (κ3) is 14.7. The number of likely N-dealkylation sites (tertiary alicyclic amines) is 1. The average molecular weight is 911 g/mol. The third-order valence-corrected chi connectivity index (χ3v) is 14.1. The van der Waals surface area contributed by atoms with Crippen LogP contribution in [0.4, 0.5) is 4.79 Å². The largest absolute Gasteiger partial charge is 0.449 e. The van der Waals surface area contributed by atoms with Gasteiger partial charge in [-0.05, 0) is 59.3 Å². The van der Waals surface area contributed by atoms with Crippen LogP contribution in [0.15, 0.2) is 54.6 Å². The number of carbonyl (C=O) groups excluding carboxylic acids is 7. The second-order valence-electron chi connectivity index (χ2n) is 17.8. The highest BCUT2D eigenvalue weighted by molar-refractivity contribution is 8.18. The first kappa shape index (κ1) is 51.0. The van der Waals surface area contributed by atoms with E-state index >= 15 is 0 Å². The first-order valence-electron chi connectivity index (χ1n) is 21.7. The summed E-state index contributed by atoms with van der Waals surface area (Å²) in [5.41, 5.74) is 2.54. The maximum Gasteiger partial charge on any atom is 0.407 e. The molecule has 1 unspecified atom stereocenters. The lowest BCUT2D eigenvalue weighted by molar-refractivity contribution is -0.144. The van der Waals surface area contributed by atoms with E-state index in [1.54, 1.807) is 81.8 Å². The van der Waals surface area contributed by atoms with Gasteiger partial charge >= 0.3 is 6.09 Å². The number of benzene rings is 2. The van der Waals surface area contributed by atoms with Gasteiger partial charge in [0.2, 0.25) is 29.4 Å². The van der Waals surface area contributed by atoms with Gasteiger partial charge in [-0.1, -0.05) is 103 Å². The first-order valence-corrected chi connectivity index (χ1v) is 23.6. The predicted octanol–water partition coefficient (Wildman–Crippen LogP) is 4.72. The lowest BCUT2D eigenvalue weighted by Crippen LogP contribution is -2.59. The van der Waals surface area contributed by atoms with Crippen molar-refractivity contribution in [2.75, 3.05) is 45.3 Å². The average Bonchev–Trinajstić information content (AvgIpc) is 3.62. The number of thioether (sulfide) groups is 2. The zero-order valence-corrected chi connectivity index (χ0v) is 39.7. The van der Waals surface area contributed by atoms with Gasteiger partial charge in [0, 0.05) is 27.1 Å². The molecule has 17 heteroatoms. The molecular weight excluding hydrogens is 845 g/mol. The van der Waals surface area contributed by atoms with E-state index in [0.29, 0.717) is 12.0 Å². The molecular formula is C46H66N6O9S2. The fraction of sp³-hybridized carbons (Fsp3) is 0.587. The van der Waals surface area contributed by atoms with E-state index in [9.17, 15) is 33.6 Å². The number of alkyl carbamates (subject to hydrolysis) is 1. The van der Waals surface area contributed by atoms with Crippen LogP contribution in [-0.2, 0) is 50.3 Å². The van der Waals surface area contributed by atoms with Crippen molar-refractivity contribution in [3.63, 3.8) is 0 Å². The molecule has 2 aliphatic heterocycles. The fourth-order valence-corrected chi connectivity index (χ4v) is 10.5. The van der Waals surface area contributed by atoms with Gasteiger partial charge in [0.1, 0.15) is 18.1 Å². The van der Waals surface area contributed by atoms with Crippen molar-refractivity contribution in [2.45, 2.75) is 121 Å². The molecule has 2 aromatic rings. The monoisotopic (exact) mass is 910 g/mol. The Morgan fingerprint density at radius 1 is 0.905 bits per heavy atom. The molecule has 0 radical (unpaired) electrons. The number of ketones is 1. The van der Waals surface area contributed by atoms with Crippen molar-refractivity contribution in [2.24, 2.45) is 5.92 Å². The van der Waals surface area contributed by atoms with Gasteiger partial charge in [-0.2, -0.15) is 0 Å². The number of likely N-dealkylation sites (N-methyl/N-ethyl adjacent to an activating group) is 1. The van der Waals surface area contributed by atoms with E-state index in [1.807, 2.05) is 38.1 Å². The number of hydrogen-bond donors (Lipinski definition) is 4. The summed E-state index contributed by atoms with van der Waals surface area (Å²) in [6.45, 7) is 13.6. The Kier molecular flexibility index (Phi) is 18.9. The molecule has 5 atom stereocenters. The smallest absolute Gasteiger partial charge is 0.407 e. The zero-order chi connectivity index (χ0) is 46.5. The summed E-state index contributed by atoms with van der Waals surface area (Å²) < 4.78 is 11.2. The van der Waals surface area contributed by atoms with Crippen LogP contribution in [0.2, 0.25) is 0 Å². The Bertz CT molecular complexity index is 1900. The van der Waals surface area contributed by atoms with E-state index in [0.717, 1.165) is 29.1 Å². The first-order chi connectivity index (χ1) is 29.7. The summed E-state index contributed by atoms with van der Waals surface area (Å²) in [6, 6.07) is 12.1. The Balaban J connectivity index is 1.52. The number of ether oxygens (including phenoxy) is 2. The Hall–Kier alpha value is -4.61. The van der Waals surface area contributed by atoms with Crippen molar-refractivity contribution in [1.29, 1.82) is 0 Å². The summed E-state index contributed by atoms with van der Waals surface area (Å²) in [5.74, 6) is -2.57. The van der Waals surface area contributed by atoms with Crippen molar-refractivity contribution < 1.29 is 43.0 Å². The van der Waals surface area contributed by atoms with Crippen LogP contribution in [0.5, 0.6) is 0 Å². The number of nitrogens with zero attached hydrogens (tertiary/aromatic N) is 2. The molecule has 2 aromatic carbocycles. The molecule has 2 saturated heterocycles. The molecule has 15 nitrogen and oxygen atoms in total. The minimum Gasteiger partial charge on any atom is -0.449 e. The molecule has 0 saturated carbocycles. The number of carbonyl (C=O) groups is 7. The third-order valence-electron chi connectivity index (χ3n) is 10.8. The van der Waals surface area contributed by atoms with Crippen LogP contribution in [0.25, 0.3) is 0 Å². The minimum atomic E-state index is -1.26. The van der Waals surface area contributed by atoms with Crippen molar-refractivity contribution >= 4 is 64.9 Å². The molecule has 4 rings (SSSR count). The van der Waals surface area contributed by atoms with Gasteiger partial charge in [-0.3, -0.25) is 28.8 Å². The SMILES string of the molecule is CCCC(NC(=O)[C@@H]1CC2(CN1C(=O)[C@@H](NC(=O)OCC(C)C)[C@@H](C)OCc1ccc(C(C)(C)C)cc1)SCCCS2)C(=O)C(=O)NCC(=O)N[C@H](C(=O)N(C)C)c1ccccc1. The molecule has 2 fully saturated rings. The highest BCUT2D eigenvalue weighted by atomic mass is 32.2. The summed E-state index contributed by atoms with van der Waals surface area (Å²) in [5, 5.41) is 10.5. The normalized spacial score (nSPS) is 17.8. The van der Waals surface area contributed by atoms with Crippen LogP contribution in [0, 0.1) is 5.92 Å². The Morgan fingerprint density at radius 2 is 1.56 bits per heavy atom. The minimum absolute atomic E-state index is 0.0355. The molecule has 2 heterocycles. The van der Waals surface area contributed by atoms with Crippen molar-refractivity contribution in [1.82, 2.24) is 31.1 Å². The van der Waals surface area contributed by atoms with Crippen LogP contribution in [0.1, 0.15) is 96.9 Å². The number of Topliss-reactive ketones (excluding diaryl/α,β-unsaturated/α-hetero) is 1. The Labute approximate surface area is 380 Å². The maximum absolute atomic E-state index is 14.8. The molecule has 0 aliphatic carbocycles. The Morgan fingerprint density at radius 3 is 2.14 bits per heavy atom. The summed E-state index contributed by atoms with van der Waals surface area (Å²) in [6.07, 6.45) is 0.133. The molecule has 63 heavy (non-hydrogen) atoms. The standard InChI is InChI=1S/C46H66N6O9S2/c1-10-15-34(39(54)41(56)47-25-36(53)49-38(42(57)51(8)9)32-16-12-11-13-17-32)48-40(55)35-24-46(62-22-14-23-63-46)28-52(35)43(58)37(50-44(59)61-26-29(2)3)30(4)60-27-31-18-20-33(21-19-31)45(5,6)7/h11-13,16-21,29-30,34-35,37-38H,10,14-15,22-28H2,1-9H3,(H,47,56)(H,48,55)(H,49,53)(H,50,59)/t30-,34?,35+,37+,38+/m1/s1. The maximum atomic E-state index is 14.8. The number of amides is 6. The molecule has 2 aliphatic rings. The second kappa shape index (κ2) is 23.4. The molecule has 4 N–H and O–H groups in total. The van der Waals surface area contributed by atoms with Crippen LogP contribution in [0.3, 0.4) is 0 Å². The van der Waals surface area contributed by atoms with Crippen LogP contribution < -0.4 is 21.3 Å². The van der Waals surface area contributed by atoms with Crippen LogP contribution >= 0.6 is 23.5 Å². The van der Waals surface area contributed by atoms with Gasteiger partial charge in [-0.15, -0.1) is 23.5 Å². The quantitative estimate of drug-likeness (QED) is 0.143. The van der Waals surface area contributed by atoms with Crippen molar-refractivity contribution in [3.05, 3.63) is 71.3 Å². The van der Waals surface area contributed by atoms with Gasteiger partial charge in [0.25, 0.3) is 5.91 Å². The second-order valence-corrected chi connectivity index (χ2v) is 21.0. The lowest BCUT2D eigenvalue weighted by atomic mass is 9.87. The summed E-state index contributed by atoms with van der Waals surface area (Å²) >= 11 is 3.36. The van der Waals surface area contributed by atoms with E-state index < -0.39 is 76.4 Å². The van der Waals surface area contributed by atoms with Gasteiger partial charge in [0.15, 0.2) is 0 Å². The van der Waals surface area contributed by atoms with Gasteiger partial charge < -0.3 is 40.5 Å². The fourth-order valence-electron chi connectivity index (χ4n) is 7.16. The van der Waals surface area contributed by atoms with Crippen molar-refractivity contribution in [3.8, 4) is 0 Å². The van der Waals surface area contributed by atoms with E-state index in [4.69, 9.17) is 9.47 Å². The zero-order valence-electron chi connectivity index (χ0n) is 38.1. The summed E-state index contributed by atoms with van der Waals surface area (Å²) in [7, 11) is 3.12. The van der Waals surface area contributed by atoms with Gasteiger partial charge in [-0.25, -0.2) is 4.79 Å². The molecule has 0 aromatic heterocycles. The van der Waals surface area contributed by atoms with Crippen LogP contribution in [-0.4, -0.2) is 125 Å². The lowest BCUT2D eigenvalue weighted by Gasteiger charge is -2.33. The summed E-state index contributed by atoms with van der Waals surface area (Å²) in [4.78, 5) is 98.0. The topological polar surface area (TPSA) is 193 Å². The van der Waals surface area contributed by atoms with E-state index in [1.165, 1.54) is 9.80 Å². The highest BCUT2D eigenvalue weighted by Crippen LogP contribution is 2.50. The molecule has 6 amide bonds. The molecule has 1 spiro atoms. The predicted molar refractivity (Wildman–Crippen MR) is 246 cm³/mol. The number of hydrogen-bond acceptors (Lipinski definition) is 11. The van der Waals surface area contributed by atoms with Gasteiger partial charge in [0.05, 0.1) is 36.0 Å². The highest BCUT2D eigenvalue weighted by Gasteiger charge is 2.52. The van der Waals surface area contributed by atoms with E-state index in [-0.39, 0.29) is 49.8 Å². The molecule has 0 bridgehead atoms. The number of nitrogens with one attached hydrogen (secondary N) is 4. The molecule has 346 valence electrons. The van der Waals surface area contributed by atoms with E-state index in [2.05, 4.69) is 42.0 Å². The number of rotatable bonds is 19.